The van der Waals surface area contributed by atoms with Crippen molar-refractivity contribution in [1.29, 1.82) is 0 Å². The molecule has 4 rings (SSSR count). The van der Waals surface area contributed by atoms with Crippen molar-refractivity contribution in [2.45, 2.75) is 62.3 Å². The van der Waals surface area contributed by atoms with Gasteiger partial charge in [-0.3, -0.25) is 13.9 Å². The normalized spacial score (nSPS) is 14.8. The maximum absolute atomic E-state index is 13.9. The Kier molecular flexibility index (Phi) is 9.98. The number of anilines is 1. The fourth-order valence-electron chi connectivity index (χ4n) is 4.85. The highest BCUT2D eigenvalue weighted by atomic mass is 79.9. The van der Waals surface area contributed by atoms with Crippen molar-refractivity contribution >= 4 is 43.5 Å². The van der Waals surface area contributed by atoms with Crippen LogP contribution in [0.25, 0.3) is 0 Å². The van der Waals surface area contributed by atoms with Gasteiger partial charge in [-0.25, -0.2) is 8.42 Å². The van der Waals surface area contributed by atoms with Gasteiger partial charge in [0.15, 0.2) is 0 Å². The summed E-state index contributed by atoms with van der Waals surface area (Å²) >= 11 is 3.37. The van der Waals surface area contributed by atoms with E-state index in [-0.39, 0.29) is 29.1 Å². The fourth-order valence-corrected chi connectivity index (χ4v) is 6.54. The second-order valence-corrected chi connectivity index (χ2v) is 13.0. The summed E-state index contributed by atoms with van der Waals surface area (Å²) in [4.78, 5) is 28.3. The van der Waals surface area contributed by atoms with E-state index in [1.807, 2.05) is 0 Å². The van der Waals surface area contributed by atoms with Crippen molar-refractivity contribution in [1.82, 2.24) is 10.2 Å². The van der Waals surface area contributed by atoms with E-state index in [4.69, 9.17) is 0 Å². The first-order chi connectivity index (χ1) is 19.9. The topological polar surface area (TPSA) is 86.8 Å². The van der Waals surface area contributed by atoms with Gasteiger partial charge in [0.1, 0.15) is 12.6 Å². The van der Waals surface area contributed by atoms with Gasteiger partial charge in [-0.15, -0.1) is 0 Å². The van der Waals surface area contributed by atoms with E-state index in [0.717, 1.165) is 42.3 Å². The SMILES string of the molecule is CC(C(=O)NC1CCCC1)N(Cc1ccc(Br)cc1)C(=O)CN(c1cccc(C(F)(F)F)c1)S(=O)(=O)c1ccccc1. The molecule has 0 radical (unpaired) electrons. The van der Waals surface area contributed by atoms with Crippen molar-refractivity contribution in [3.05, 3.63) is 94.5 Å². The van der Waals surface area contributed by atoms with E-state index in [0.29, 0.717) is 15.9 Å². The smallest absolute Gasteiger partial charge is 0.352 e. The molecule has 1 N–H and O–H groups in total. The summed E-state index contributed by atoms with van der Waals surface area (Å²) in [6, 6.07) is 17.1. The van der Waals surface area contributed by atoms with Crippen LogP contribution in [0, 0.1) is 0 Å². The van der Waals surface area contributed by atoms with Crippen LogP contribution in [0.15, 0.2) is 88.2 Å². The molecule has 0 spiro atoms. The Morgan fingerprint density at radius 3 is 2.24 bits per heavy atom. The lowest BCUT2D eigenvalue weighted by molar-refractivity contribution is -0.139. The lowest BCUT2D eigenvalue weighted by Crippen LogP contribution is -2.52. The second kappa shape index (κ2) is 13.3. The molecular formula is C30H31BrF3N3O4S. The number of benzene rings is 3. The van der Waals surface area contributed by atoms with Gasteiger partial charge in [0.2, 0.25) is 11.8 Å². The number of amides is 2. The van der Waals surface area contributed by atoms with Crippen LogP contribution in [0.2, 0.25) is 0 Å². The molecule has 224 valence electrons. The molecule has 42 heavy (non-hydrogen) atoms. The maximum Gasteiger partial charge on any atom is 0.416 e. The van der Waals surface area contributed by atoms with Crippen molar-refractivity contribution in [3.63, 3.8) is 0 Å². The quantitative estimate of drug-likeness (QED) is 0.282. The number of rotatable bonds is 10. The average molecular weight is 667 g/mol. The van der Waals surface area contributed by atoms with E-state index in [1.54, 1.807) is 37.3 Å². The Balaban J connectivity index is 1.72. The van der Waals surface area contributed by atoms with Gasteiger partial charge in [0.25, 0.3) is 10.0 Å². The van der Waals surface area contributed by atoms with Crippen LogP contribution in [0.5, 0.6) is 0 Å². The van der Waals surface area contributed by atoms with Crippen molar-refractivity contribution in [2.24, 2.45) is 0 Å². The van der Waals surface area contributed by atoms with Crippen molar-refractivity contribution in [3.8, 4) is 0 Å². The van der Waals surface area contributed by atoms with Crippen LogP contribution in [0.1, 0.15) is 43.7 Å². The standard InChI is InChI=1S/C30H31BrF3N3O4S/c1-21(29(39)35-25-9-5-6-10-25)36(19-22-14-16-24(31)17-15-22)28(38)20-37(42(40,41)27-12-3-2-4-13-27)26-11-7-8-23(18-26)30(32,33)34/h2-4,7-8,11-18,21,25H,5-6,9-10,19-20H2,1H3,(H,35,39). The van der Waals surface area contributed by atoms with Crippen LogP contribution in [-0.4, -0.2) is 43.8 Å². The van der Waals surface area contributed by atoms with E-state index in [9.17, 15) is 31.2 Å². The first-order valence-corrected chi connectivity index (χ1v) is 15.7. The maximum atomic E-state index is 13.9. The third-order valence-corrected chi connectivity index (χ3v) is 9.52. The molecule has 0 heterocycles. The van der Waals surface area contributed by atoms with Gasteiger partial charge < -0.3 is 10.2 Å². The Morgan fingerprint density at radius 2 is 1.62 bits per heavy atom. The minimum Gasteiger partial charge on any atom is -0.352 e. The predicted molar refractivity (Wildman–Crippen MR) is 157 cm³/mol. The third-order valence-electron chi connectivity index (χ3n) is 7.21. The Hall–Kier alpha value is -3.38. The molecule has 7 nitrogen and oxygen atoms in total. The molecular weight excluding hydrogens is 635 g/mol. The van der Waals surface area contributed by atoms with E-state index >= 15 is 0 Å². The summed E-state index contributed by atoms with van der Waals surface area (Å²) in [5.41, 5.74) is -0.700. The summed E-state index contributed by atoms with van der Waals surface area (Å²) in [7, 11) is -4.48. The summed E-state index contributed by atoms with van der Waals surface area (Å²) in [5.74, 6) is -1.13. The molecule has 1 saturated carbocycles. The molecule has 12 heteroatoms. The molecule has 2 amide bonds. The predicted octanol–water partition coefficient (Wildman–Crippen LogP) is 6.14. The summed E-state index contributed by atoms with van der Waals surface area (Å²) in [5, 5.41) is 2.98. The molecule has 1 fully saturated rings. The fraction of sp³-hybridized carbons (Fsp3) is 0.333. The first-order valence-electron chi connectivity index (χ1n) is 13.5. The number of carbonyl (C=O) groups excluding carboxylic acids is 2. The summed E-state index contributed by atoms with van der Waals surface area (Å²) in [6.07, 6.45) is -1.09. The van der Waals surface area contributed by atoms with Gasteiger partial charge >= 0.3 is 6.18 Å². The van der Waals surface area contributed by atoms with Gasteiger partial charge in [-0.05, 0) is 67.8 Å². The van der Waals surface area contributed by atoms with E-state index < -0.39 is 40.3 Å². The molecule has 1 aliphatic carbocycles. The number of halogens is 4. The summed E-state index contributed by atoms with van der Waals surface area (Å²) < 4.78 is 69.8. The van der Waals surface area contributed by atoms with Gasteiger partial charge in [0.05, 0.1) is 16.1 Å². The van der Waals surface area contributed by atoms with Gasteiger partial charge in [-0.1, -0.05) is 65.2 Å². The zero-order valence-electron chi connectivity index (χ0n) is 22.9. The molecule has 1 atom stereocenters. The van der Waals surface area contributed by atoms with Crippen LogP contribution >= 0.6 is 15.9 Å². The highest BCUT2D eigenvalue weighted by Gasteiger charge is 2.35. The minimum atomic E-state index is -4.73. The third kappa shape index (κ3) is 7.71. The Bertz CT molecular complexity index is 1500. The molecule has 0 aliphatic heterocycles. The van der Waals surface area contributed by atoms with E-state index in [1.165, 1.54) is 35.2 Å². The summed E-state index contributed by atoms with van der Waals surface area (Å²) in [6.45, 7) is 0.713. The molecule has 3 aromatic carbocycles. The highest BCUT2D eigenvalue weighted by Crippen LogP contribution is 2.33. The lowest BCUT2D eigenvalue weighted by Gasteiger charge is -2.32. The van der Waals surface area contributed by atoms with Gasteiger partial charge in [-0.2, -0.15) is 13.2 Å². The van der Waals surface area contributed by atoms with Crippen LogP contribution in [0.3, 0.4) is 0 Å². The Labute approximate surface area is 251 Å². The number of sulfonamides is 1. The van der Waals surface area contributed by atoms with Crippen LogP contribution in [0.4, 0.5) is 18.9 Å². The monoisotopic (exact) mass is 665 g/mol. The van der Waals surface area contributed by atoms with Crippen LogP contribution in [-0.2, 0) is 32.3 Å². The number of carbonyl (C=O) groups is 2. The second-order valence-electron chi connectivity index (χ2n) is 10.2. The van der Waals surface area contributed by atoms with Crippen LogP contribution < -0.4 is 9.62 Å². The molecule has 0 saturated heterocycles. The Morgan fingerprint density at radius 1 is 0.976 bits per heavy atom. The number of hydrogen-bond donors (Lipinski definition) is 1. The zero-order chi connectivity index (χ0) is 30.5. The van der Waals surface area contributed by atoms with Gasteiger partial charge in [0, 0.05) is 17.1 Å². The molecule has 1 aliphatic rings. The van der Waals surface area contributed by atoms with Crippen molar-refractivity contribution in [2.75, 3.05) is 10.8 Å². The average Bonchev–Trinajstić information content (AvgIpc) is 3.48. The van der Waals surface area contributed by atoms with E-state index in [2.05, 4.69) is 21.2 Å². The number of hydrogen-bond acceptors (Lipinski definition) is 4. The number of nitrogens with one attached hydrogen (secondary N) is 1. The first kappa shape index (κ1) is 31.6. The molecule has 0 bridgehead atoms. The number of nitrogens with zero attached hydrogens (tertiary/aromatic N) is 2. The lowest BCUT2D eigenvalue weighted by atomic mass is 10.1. The zero-order valence-corrected chi connectivity index (χ0v) is 25.3. The molecule has 3 aromatic rings. The molecule has 0 aromatic heterocycles. The largest absolute Gasteiger partial charge is 0.416 e. The van der Waals surface area contributed by atoms with Crippen molar-refractivity contribution < 1.29 is 31.2 Å². The number of alkyl halides is 3. The molecule has 1 unspecified atom stereocenters. The minimum absolute atomic E-state index is 0.00959. The highest BCUT2D eigenvalue weighted by molar-refractivity contribution is 9.10.